The highest BCUT2D eigenvalue weighted by molar-refractivity contribution is 6.01. The number of Topliss-reactive ketones (excluding diaryl/α,β-unsaturated/α-hetero) is 2. The summed E-state index contributed by atoms with van der Waals surface area (Å²) in [5.41, 5.74) is -2.44. The Morgan fingerprint density at radius 2 is 1.56 bits per heavy atom. The fourth-order valence-corrected chi connectivity index (χ4v) is 1.09. The molecule has 0 amide bonds. The lowest BCUT2D eigenvalue weighted by molar-refractivity contribution is -0.210. The lowest BCUT2D eigenvalue weighted by atomic mass is 9.84. The Kier molecular flexibility index (Phi) is 4.70. The van der Waals surface area contributed by atoms with Crippen LogP contribution in [0.4, 0.5) is 13.2 Å². The molecular weight excluding hydrogens is 221 g/mol. The van der Waals surface area contributed by atoms with Gasteiger partial charge in [0, 0.05) is 6.42 Å². The molecular formula is C11H17F3O2. The topological polar surface area (TPSA) is 34.1 Å². The summed E-state index contributed by atoms with van der Waals surface area (Å²) in [6.07, 6.45) is -5.10. The molecule has 0 radical (unpaired) electrons. The minimum atomic E-state index is -4.61. The third-order valence-corrected chi connectivity index (χ3v) is 2.40. The van der Waals surface area contributed by atoms with Crippen molar-refractivity contribution in [2.24, 2.45) is 11.3 Å². The van der Waals surface area contributed by atoms with Crippen LogP contribution in [0, 0.1) is 11.3 Å². The molecule has 94 valence electrons. The van der Waals surface area contributed by atoms with Gasteiger partial charge < -0.3 is 0 Å². The number of alkyl halides is 3. The maximum atomic E-state index is 12.5. The van der Waals surface area contributed by atoms with Gasteiger partial charge in [0.2, 0.25) is 0 Å². The van der Waals surface area contributed by atoms with E-state index in [9.17, 15) is 22.8 Å². The summed E-state index contributed by atoms with van der Waals surface area (Å²) in [5.74, 6) is -1.45. The van der Waals surface area contributed by atoms with Crippen molar-refractivity contribution in [2.75, 3.05) is 0 Å². The van der Waals surface area contributed by atoms with E-state index in [0.29, 0.717) is 0 Å². The van der Waals surface area contributed by atoms with E-state index in [0.717, 1.165) is 13.8 Å². The fourth-order valence-electron chi connectivity index (χ4n) is 1.09. The van der Waals surface area contributed by atoms with Gasteiger partial charge in [0.1, 0.15) is 11.2 Å². The summed E-state index contributed by atoms with van der Waals surface area (Å²) in [5, 5.41) is 0. The van der Waals surface area contributed by atoms with E-state index in [1.54, 1.807) is 13.8 Å². The van der Waals surface area contributed by atoms with Crippen molar-refractivity contribution in [3.05, 3.63) is 0 Å². The average Bonchev–Trinajstić information content (AvgIpc) is 1.99. The van der Waals surface area contributed by atoms with Crippen LogP contribution in [0.15, 0.2) is 0 Å². The van der Waals surface area contributed by atoms with E-state index in [1.165, 1.54) is 0 Å². The summed E-state index contributed by atoms with van der Waals surface area (Å²) in [6.45, 7) is 5.16. The van der Waals surface area contributed by atoms with Gasteiger partial charge in [-0.15, -0.1) is 0 Å². The van der Waals surface area contributed by atoms with Crippen molar-refractivity contribution < 1.29 is 22.8 Å². The smallest absolute Gasteiger partial charge is 0.299 e. The van der Waals surface area contributed by atoms with Gasteiger partial charge in [0.15, 0.2) is 5.78 Å². The minimum Gasteiger partial charge on any atom is -0.299 e. The number of rotatable bonds is 5. The first-order chi connectivity index (χ1) is 6.98. The largest absolute Gasteiger partial charge is 0.400 e. The van der Waals surface area contributed by atoms with Gasteiger partial charge in [-0.3, -0.25) is 9.59 Å². The predicted octanol–water partition coefficient (Wildman–Crippen LogP) is 3.15. The number of hydrogen-bond donors (Lipinski definition) is 0. The maximum Gasteiger partial charge on any atom is 0.400 e. The van der Waals surface area contributed by atoms with Crippen LogP contribution in [0.1, 0.15) is 40.5 Å². The normalized spacial score (nSPS) is 13.0. The van der Waals surface area contributed by atoms with Crippen molar-refractivity contribution in [1.82, 2.24) is 0 Å². The van der Waals surface area contributed by atoms with Crippen LogP contribution in [0.5, 0.6) is 0 Å². The van der Waals surface area contributed by atoms with E-state index >= 15 is 0 Å². The first-order valence-electron chi connectivity index (χ1n) is 5.10. The predicted molar refractivity (Wildman–Crippen MR) is 53.9 cm³/mol. The molecule has 0 aliphatic heterocycles. The van der Waals surface area contributed by atoms with E-state index in [2.05, 4.69) is 0 Å². The molecule has 2 nitrogen and oxygen atoms in total. The zero-order valence-electron chi connectivity index (χ0n) is 9.94. The molecule has 5 heteroatoms. The van der Waals surface area contributed by atoms with E-state index < -0.39 is 29.6 Å². The number of ketones is 2. The summed E-state index contributed by atoms with van der Waals surface area (Å²) in [7, 11) is 0. The highest BCUT2D eigenvalue weighted by Gasteiger charge is 2.52. The summed E-state index contributed by atoms with van der Waals surface area (Å²) >= 11 is 0. The third kappa shape index (κ3) is 3.94. The second kappa shape index (κ2) is 4.97. The van der Waals surface area contributed by atoms with Crippen LogP contribution in [0.2, 0.25) is 0 Å². The van der Waals surface area contributed by atoms with Crippen LogP contribution in [0.3, 0.4) is 0 Å². The van der Waals surface area contributed by atoms with Gasteiger partial charge in [-0.2, -0.15) is 13.2 Å². The Bertz CT molecular complexity index is 277. The molecule has 0 rings (SSSR count). The number of hydrogen-bond acceptors (Lipinski definition) is 2. The Balaban J connectivity index is 4.54. The van der Waals surface area contributed by atoms with Crippen LogP contribution in [0.25, 0.3) is 0 Å². The highest BCUT2D eigenvalue weighted by atomic mass is 19.4. The fraction of sp³-hybridized carbons (Fsp3) is 0.818. The highest BCUT2D eigenvalue weighted by Crippen LogP contribution is 2.39. The first kappa shape index (κ1) is 15.1. The molecule has 0 bridgehead atoms. The molecule has 0 aliphatic carbocycles. The molecule has 0 spiro atoms. The molecule has 0 atom stereocenters. The lowest BCUT2D eigenvalue weighted by Gasteiger charge is -2.25. The van der Waals surface area contributed by atoms with Crippen LogP contribution >= 0.6 is 0 Å². The molecule has 0 aromatic heterocycles. The van der Waals surface area contributed by atoms with Crippen molar-refractivity contribution in [2.45, 2.75) is 46.7 Å². The van der Waals surface area contributed by atoms with E-state index in [1.807, 2.05) is 0 Å². The molecule has 0 aliphatic rings. The van der Waals surface area contributed by atoms with Crippen molar-refractivity contribution in [3.8, 4) is 0 Å². The minimum absolute atomic E-state index is 0.0503. The van der Waals surface area contributed by atoms with Gasteiger partial charge in [0.05, 0.1) is 6.42 Å². The zero-order valence-corrected chi connectivity index (χ0v) is 9.94. The SMILES string of the molecule is CC(C)CC(=O)CC(=O)C(C)(C)C(F)(F)F. The molecule has 0 saturated carbocycles. The first-order valence-corrected chi connectivity index (χ1v) is 5.10. The van der Waals surface area contributed by atoms with Crippen LogP contribution < -0.4 is 0 Å². The van der Waals surface area contributed by atoms with Gasteiger partial charge in [-0.1, -0.05) is 13.8 Å². The van der Waals surface area contributed by atoms with Crippen molar-refractivity contribution in [1.29, 1.82) is 0 Å². The molecule has 0 heterocycles. The van der Waals surface area contributed by atoms with E-state index in [4.69, 9.17) is 0 Å². The average molecular weight is 238 g/mol. The third-order valence-electron chi connectivity index (χ3n) is 2.40. The Morgan fingerprint density at radius 1 is 1.12 bits per heavy atom. The number of carbonyl (C=O) groups is 2. The Labute approximate surface area is 93.2 Å². The van der Waals surface area contributed by atoms with Gasteiger partial charge in [-0.05, 0) is 19.8 Å². The number of halogens is 3. The van der Waals surface area contributed by atoms with Gasteiger partial charge in [0.25, 0.3) is 0 Å². The zero-order chi connectivity index (χ0) is 13.1. The summed E-state index contributed by atoms with van der Waals surface area (Å²) < 4.78 is 37.4. The van der Waals surface area contributed by atoms with Crippen molar-refractivity contribution >= 4 is 11.6 Å². The molecule has 0 aromatic carbocycles. The van der Waals surface area contributed by atoms with Gasteiger partial charge >= 0.3 is 6.18 Å². The monoisotopic (exact) mass is 238 g/mol. The Hall–Kier alpha value is -0.870. The second-order valence-corrected chi connectivity index (χ2v) is 4.86. The quantitative estimate of drug-likeness (QED) is 0.689. The van der Waals surface area contributed by atoms with Crippen LogP contribution in [-0.4, -0.2) is 17.7 Å². The standard InChI is InChI=1S/C11H17F3O2/c1-7(2)5-8(15)6-9(16)10(3,4)11(12,13)14/h7H,5-6H2,1-4H3. The number of carbonyl (C=O) groups excluding carboxylic acids is 2. The molecule has 0 saturated heterocycles. The molecule has 16 heavy (non-hydrogen) atoms. The summed E-state index contributed by atoms with van der Waals surface area (Å²) in [6, 6.07) is 0. The van der Waals surface area contributed by atoms with Gasteiger partial charge in [-0.25, -0.2) is 0 Å². The van der Waals surface area contributed by atoms with Crippen LogP contribution in [-0.2, 0) is 9.59 Å². The molecule has 0 N–H and O–H groups in total. The molecule has 0 aromatic rings. The molecule has 0 fully saturated rings. The van der Waals surface area contributed by atoms with E-state index in [-0.39, 0.29) is 12.3 Å². The Morgan fingerprint density at radius 3 is 1.88 bits per heavy atom. The maximum absolute atomic E-state index is 12.5. The molecule has 0 unspecified atom stereocenters. The summed E-state index contributed by atoms with van der Waals surface area (Å²) in [4.78, 5) is 22.6. The lowest BCUT2D eigenvalue weighted by Crippen LogP contribution is -2.40. The van der Waals surface area contributed by atoms with Crippen molar-refractivity contribution in [3.63, 3.8) is 0 Å². The second-order valence-electron chi connectivity index (χ2n) is 4.86.